The lowest BCUT2D eigenvalue weighted by atomic mass is 9.79. The van der Waals surface area contributed by atoms with E-state index in [9.17, 15) is 0 Å². The molecule has 3 heterocycles. The maximum Gasteiger partial charge on any atom is 0.225 e. The van der Waals surface area contributed by atoms with Crippen molar-refractivity contribution in [3.8, 4) is 0 Å². The zero-order valence-corrected chi connectivity index (χ0v) is 12.3. The van der Waals surface area contributed by atoms with E-state index in [0.29, 0.717) is 0 Å². The van der Waals surface area contributed by atoms with Crippen LogP contribution >= 0.6 is 0 Å². The van der Waals surface area contributed by atoms with Crippen LogP contribution < -0.4 is 4.90 Å². The summed E-state index contributed by atoms with van der Waals surface area (Å²) in [6.45, 7) is 8.28. The molecule has 5 heteroatoms. The van der Waals surface area contributed by atoms with E-state index in [1.807, 2.05) is 26.1 Å². The number of aromatic amines is 1. The minimum atomic E-state index is 0.0930. The number of aryl methyl sites for hydroxylation is 2. The number of aromatic nitrogens is 4. The summed E-state index contributed by atoms with van der Waals surface area (Å²) in [6, 6.07) is 4.09. The lowest BCUT2D eigenvalue weighted by Gasteiger charge is -2.40. The molecule has 1 atom stereocenters. The number of rotatable bonds is 2. The Balaban J connectivity index is 1.88. The second-order valence-electron chi connectivity index (χ2n) is 6.01. The largest absolute Gasteiger partial charge is 0.340 e. The summed E-state index contributed by atoms with van der Waals surface area (Å²) in [5.41, 5.74) is 3.35. The van der Waals surface area contributed by atoms with Crippen molar-refractivity contribution < 1.29 is 0 Å². The van der Waals surface area contributed by atoms with Gasteiger partial charge in [-0.3, -0.25) is 5.10 Å². The lowest BCUT2D eigenvalue weighted by molar-refractivity contribution is 0.361. The molecular formula is C15H21N5. The van der Waals surface area contributed by atoms with Crippen molar-refractivity contribution in [2.45, 2.75) is 39.0 Å². The van der Waals surface area contributed by atoms with Crippen molar-refractivity contribution in [1.82, 2.24) is 20.2 Å². The summed E-state index contributed by atoms with van der Waals surface area (Å²) in [4.78, 5) is 11.5. The number of nitrogens with zero attached hydrogens (tertiary/aromatic N) is 4. The van der Waals surface area contributed by atoms with Crippen LogP contribution in [0.5, 0.6) is 0 Å². The fourth-order valence-corrected chi connectivity index (χ4v) is 3.07. The van der Waals surface area contributed by atoms with Gasteiger partial charge in [-0.05, 0) is 38.8 Å². The fourth-order valence-electron chi connectivity index (χ4n) is 3.07. The van der Waals surface area contributed by atoms with Crippen LogP contribution in [0, 0.1) is 13.8 Å². The molecule has 2 aromatic heterocycles. The highest BCUT2D eigenvalue weighted by Crippen LogP contribution is 2.33. The maximum absolute atomic E-state index is 4.59. The van der Waals surface area contributed by atoms with Crippen LogP contribution in [-0.2, 0) is 5.41 Å². The fraction of sp³-hybridized carbons (Fsp3) is 0.533. The second kappa shape index (κ2) is 4.89. The van der Waals surface area contributed by atoms with Gasteiger partial charge in [0.1, 0.15) is 0 Å². The third-order valence-electron chi connectivity index (χ3n) is 4.10. The molecule has 0 saturated carbocycles. The van der Waals surface area contributed by atoms with Crippen LogP contribution in [0.4, 0.5) is 5.95 Å². The Morgan fingerprint density at radius 2 is 2.00 bits per heavy atom. The van der Waals surface area contributed by atoms with E-state index in [2.05, 4.69) is 38.1 Å². The Bertz CT molecular complexity index is 572. The van der Waals surface area contributed by atoms with Gasteiger partial charge in [-0.2, -0.15) is 5.10 Å². The van der Waals surface area contributed by atoms with E-state index in [1.54, 1.807) is 0 Å². The number of nitrogens with one attached hydrogen (secondary N) is 1. The van der Waals surface area contributed by atoms with Gasteiger partial charge in [0, 0.05) is 41.8 Å². The molecule has 0 unspecified atom stereocenters. The third kappa shape index (κ3) is 2.40. The van der Waals surface area contributed by atoms with Gasteiger partial charge >= 0.3 is 0 Å². The molecule has 0 amide bonds. The predicted octanol–water partition coefficient (Wildman–Crippen LogP) is 2.37. The number of piperidine rings is 1. The molecule has 1 N–H and O–H groups in total. The van der Waals surface area contributed by atoms with Crippen molar-refractivity contribution >= 4 is 5.95 Å². The Morgan fingerprint density at radius 1 is 1.25 bits per heavy atom. The van der Waals surface area contributed by atoms with E-state index < -0.39 is 0 Å². The average Bonchev–Trinajstić information content (AvgIpc) is 2.92. The molecule has 1 aliphatic rings. The SMILES string of the molecule is Cc1cc(C)nc(N2CCC[C@@](C)(c3ccn[nH]3)C2)n1. The monoisotopic (exact) mass is 271 g/mol. The van der Waals surface area contributed by atoms with E-state index in [0.717, 1.165) is 43.3 Å². The summed E-state index contributed by atoms with van der Waals surface area (Å²) >= 11 is 0. The maximum atomic E-state index is 4.59. The van der Waals surface area contributed by atoms with Crippen LogP contribution in [-0.4, -0.2) is 33.3 Å². The van der Waals surface area contributed by atoms with E-state index in [-0.39, 0.29) is 5.41 Å². The molecule has 0 aliphatic carbocycles. The molecule has 106 valence electrons. The van der Waals surface area contributed by atoms with Gasteiger partial charge < -0.3 is 4.90 Å². The van der Waals surface area contributed by atoms with Crippen molar-refractivity contribution in [3.05, 3.63) is 35.4 Å². The highest BCUT2D eigenvalue weighted by atomic mass is 15.3. The van der Waals surface area contributed by atoms with Crippen molar-refractivity contribution in [1.29, 1.82) is 0 Å². The predicted molar refractivity (Wildman–Crippen MR) is 78.9 cm³/mol. The first-order valence-corrected chi connectivity index (χ1v) is 7.14. The second-order valence-corrected chi connectivity index (χ2v) is 6.01. The molecule has 3 rings (SSSR count). The third-order valence-corrected chi connectivity index (χ3v) is 4.10. The molecule has 0 aromatic carbocycles. The van der Waals surface area contributed by atoms with E-state index >= 15 is 0 Å². The number of hydrogen-bond donors (Lipinski definition) is 1. The first-order valence-electron chi connectivity index (χ1n) is 7.14. The first-order chi connectivity index (χ1) is 9.57. The summed E-state index contributed by atoms with van der Waals surface area (Å²) in [5.74, 6) is 0.855. The highest BCUT2D eigenvalue weighted by molar-refractivity contribution is 5.35. The van der Waals surface area contributed by atoms with Crippen LogP contribution in [0.25, 0.3) is 0 Å². The van der Waals surface area contributed by atoms with Gasteiger partial charge in [-0.25, -0.2) is 9.97 Å². The quantitative estimate of drug-likeness (QED) is 0.911. The lowest BCUT2D eigenvalue weighted by Crippen LogP contribution is -2.45. The van der Waals surface area contributed by atoms with E-state index in [1.165, 1.54) is 5.69 Å². The number of hydrogen-bond acceptors (Lipinski definition) is 4. The molecule has 0 radical (unpaired) electrons. The minimum Gasteiger partial charge on any atom is -0.340 e. The Kier molecular flexibility index (Phi) is 3.20. The number of H-pyrrole nitrogens is 1. The Labute approximate surface area is 119 Å². The molecule has 2 aromatic rings. The highest BCUT2D eigenvalue weighted by Gasteiger charge is 2.34. The topological polar surface area (TPSA) is 57.7 Å². The zero-order chi connectivity index (χ0) is 14.2. The molecule has 1 aliphatic heterocycles. The molecule has 20 heavy (non-hydrogen) atoms. The van der Waals surface area contributed by atoms with Crippen molar-refractivity contribution in [3.63, 3.8) is 0 Å². The summed E-state index contributed by atoms with van der Waals surface area (Å²) in [7, 11) is 0. The molecule has 0 bridgehead atoms. The van der Waals surface area contributed by atoms with Gasteiger partial charge in [0.15, 0.2) is 0 Å². The smallest absolute Gasteiger partial charge is 0.225 e. The van der Waals surface area contributed by atoms with E-state index in [4.69, 9.17) is 0 Å². The molecule has 1 saturated heterocycles. The minimum absolute atomic E-state index is 0.0930. The van der Waals surface area contributed by atoms with Crippen molar-refractivity contribution in [2.75, 3.05) is 18.0 Å². The normalized spacial score (nSPS) is 23.1. The summed E-state index contributed by atoms with van der Waals surface area (Å²) < 4.78 is 0. The number of anilines is 1. The average molecular weight is 271 g/mol. The Hall–Kier alpha value is -1.91. The Morgan fingerprint density at radius 3 is 2.65 bits per heavy atom. The van der Waals surface area contributed by atoms with Gasteiger partial charge in [0.2, 0.25) is 5.95 Å². The van der Waals surface area contributed by atoms with Crippen LogP contribution in [0.1, 0.15) is 36.8 Å². The van der Waals surface area contributed by atoms with Crippen LogP contribution in [0.15, 0.2) is 18.3 Å². The van der Waals surface area contributed by atoms with Crippen LogP contribution in [0.3, 0.4) is 0 Å². The van der Waals surface area contributed by atoms with Gasteiger partial charge in [-0.15, -0.1) is 0 Å². The molecule has 0 spiro atoms. The standard InChI is InChI=1S/C15H21N5/c1-11-9-12(2)18-14(17-11)20-8-4-6-15(3,10-20)13-5-7-16-19-13/h5,7,9H,4,6,8,10H2,1-3H3,(H,16,19)/t15-/m1/s1. The zero-order valence-electron chi connectivity index (χ0n) is 12.3. The first kappa shape index (κ1) is 13.1. The summed E-state index contributed by atoms with van der Waals surface area (Å²) in [5, 5.41) is 7.22. The molecular weight excluding hydrogens is 250 g/mol. The summed E-state index contributed by atoms with van der Waals surface area (Å²) in [6.07, 6.45) is 4.13. The van der Waals surface area contributed by atoms with Gasteiger partial charge in [0.05, 0.1) is 0 Å². The van der Waals surface area contributed by atoms with Crippen LogP contribution in [0.2, 0.25) is 0 Å². The van der Waals surface area contributed by atoms with Gasteiger partial charge in [0.25, 0.3) is 0 Å². The molecule has 1 fully saturated rings. The molecule has 5 nitrogen and oxygen atoms in total. The van der Waals surface area contributed by atoms with Gasteiger partial charge in [-0.1, -0.05) is 6.92 Å². The van der Waals surface area contributed by atoms with Crippen molar-refractivity contribution in [2.24, 2.45) is 0 Å².